The van der Waals surface area contributed by atoms with Crippen LogP contribution in [0.1, 0.15) is 52.6 Å². The molecule has 5 aromatic rings. The Morgan fingerprint density at radius 1 is 1.09 bits per heavy atom. The highest BCUT2D eigenvalue weighted by Gasteiger charge is 2.43. The van der Waals surface area contributed by atoms with Gasteiger partial charge in [-0.25, -0.2) is 23.1 Å². The summed E-state index contributed by atoms with van der Waals surface area (Å²) >= 11 is 1.32. The summed E-state index contributed by atoms with van der Waals surface area (Å²) in [7, 11) is 0. The van der Waals surface area contributed by atoms with E-state index in [0.29, 0.717) is 35.1 Å². The van der Waals surface area contributed by atoms with Crippen LogP contribution in [0, 0.1) is 36.8 Å². The fraction of sp³-hybridized carbons (Fsp3) is 0.297. The van der Waals surface area contributed by atoms with Crippen molar-refractivity contribution in [3.8, 4) is 23.1 Å². The first-order valence-corrected chi connectivity index (χ1v) is 17.2. The van der Waals surface area contributed by atoms with Gasteiger partial charge in [0, 0.05) is 33.6 Å². The molecule has 18 heteroatoms. The Morgan fingerprint density at radius 2 is 1.73 bits per heavy atom. The smallest absolute Gasteiger partial charge is 0.490 e. The largest absolute Gasteiger partial charge is 1.00 e. The lowest BCUT2D eigenvalue weighted by Crippen LogP contribution is -3.00. The van der Waals surface area contributed by atoms with E-state index in [2.05, 4.69) is 16.5 Å². The maximum atomic E-state index is 15.3. The molecule has 2 aromatic heterocycles. The number of benzene rings is 3. The van der Waals surface area contributed by atoms with Gasteiger partial charge in [-0.1, -0.05) is 32.0 Å². The SMILES string of the molecule is CCNCC(=O)Oc1c(C)cc(C[n+]2cnn(C[C@](O)(c3ccc(F)cc3F)[C@@H](C)c3nc(-c4ccc(C#N)cc4)cs3)c2)cc1C.O=C(O)C(F)(F)F.[Br-]. The van der Waals surface area contributed by atoms with Gasteiger partial charge in [-0.3, -0.25) is 4.79 Å². The first-order chi connectivity index (χ1) is 25.4. The van der Waals surface area contributed by atoms with Crippen LogP contribution >= 0.6 is 11.3 Å². The van der Waals surface area contributed by atoms with Crippen LogP contribution in [-0.2, 0) is 28.3 Å². The monoisotopic (exact) mass is 850 g/mol. The van der Waals surface area contributed by atoms with Gasteiger partial charge in [-0.2, -0.15) is 18.4 Å². The Bertz CT molecular complexity index is 2130. The molecule has 0 fully saturated rings. The highest BCUT2D eigenvalue weighted by Crippen LogP contribution is 2.41. The van der Waals surface area contributed by atoms with Crippen molar-refractivity contribution in [3.63, 3.8) is 0 Å². The Hall–Kier alpha value is -5.09. The molecule has 0 unspecified atom stereocenters. The third kappa shape index (κ3) is 11.5. The van der Waals surface area contributed by atoms with Crippen LogP contribution in [0.3, 0.4) is 0 Å². The number of nitrogens with one attached hydrogen (secondary N) is 1. The number of carbonyl (C=O) groups excluding carboxylic acids is 1. The lowest BCUT2D eigenvalue weighted by atomic mass is 9.82. The highest BCUT2D eigenvalue weighted by atomic mass is 79.9. The van der Waals surface area contributed by atoms with Crippen molar-refractivity contribution < 1.29 is 68.0 Å². The van der Waals surface area contributed by atoms with Crippen LogP contribution in [0.15, 0.2) is 72.6 Å². The number of nitrogens with zero attached hydrogens (tertiary/aromatic N) is 5. The molecule has 55 heavy (non-hydrogen) atoms. The minimum absolute atomic E-state index is 0. The van der Waals surface area contributed by atoms with E-state index in [1.54, 1.807) is 43.8 Å². The van der Waals surface area contributed by atoms with E-state index >= 15 is 4.39 Å². The summed E-state index contributed by atoms with van der Waals surface area (Å²) in [5.74, 6) is -4.93. The van der Waals surface area contributed by atoms with Crippen molar-refractivity contribution in [2.45, 2.75) is 58.5 Å². The average Bonchev–Trinajstić information content (AvgIpc) is 3.78. The maximum Gasteiger partial charge on any atom is 0.490 e. The predicted octanol–water partition coefficient (Wildman–Crippen LogP) is 2.95. The number of ether oxygens (including phenoxy) is 1. The van der Waals surface area contributed by atoms with Gasteiger partial charge in [0.2, 0.25) is 6.33 Å². The second kappa shape index (κ2) is 19.0. The van der Waals surface area contributed by atoms with Crippen molar-refractivity contribution in [1.82, 2.24) is 20.1 Å². The van der Waals surface area contributed by atoms with Crippen molar-refractivity contribution >= 4 is 23.3 Å². The quantitative estimate of drug-likeness (QED) is 0.0745. The van der Waals surface area contributed by atoms with Gasteiger partial charge in [0.1, 0.15) is 29.5 Å². The molecule has 3 aromatic carbocycles. The molecule has 3 N–H and O–H groups in total. The number of aromatic nitrogens is 4. The van der Waals surface area contributed by atoms with Gasteiger partial charge in [0.15, 0.2) is 0 Å². The minimum Gasteiger partial charge on any atom is -1.00 e. The first-order valence-electron chi connectivity index (χ1n) is 16.3. The molecule has 0 aliphatic heterocycles. The number of aliphatic carboxylic acids is 1. The number of carbonyl (C=O) groups is 2. The molecular weight excluding hydrogens is 815 g/mol. The molecule has 0 aliphatic rings. The molecule has 2 heterocycles. The molecule has 0 spiro atoms. The lowest BCUT2D eigenvalue weighted by Gasteiger charge is -2.32. The molecule has 2 atom stereocenters. The summed E-state index contributed by atoms with van der Waals surface area (Å²) in [6, 6.07) is 16.1. The Balaban J connectivity index is 0.000000926. The number of aryl methyl sites for hydroxylation is 2. The van der Waals surface area contributed by atoms with E-state index in [1.807, 2.05) is 42.9 Å². The van der Waals surface area contributed by atoms with E-state index in [4.69, 9.17) is 24.9 Å². The Morgan fingerprint density at radius 3 is 2.29 bits per heavy atom. The zero-order valence-electron chi connectivity index (χ0n) is 29.9. The third-order valence-electron chi connectivity index (χ3n) is 8.21. The van der Waals surface area contributed by atoms with E-state index in [-0.39, 0.29) is 41.6 Å². The van der Waals surface area contributed by atoms with Crippen LogP contribution in [0.5, 0.6) is 5.75 Å². The van der Waals surface area contributed by atoms with Gasteiger partial charge < -0.3 is 37.2 Å². The normalized spacial score (nSPS) is 12.7. The number of carboxylic acids is 1. The van der Waals surface area contributed by atoms with E-state index in [0.717, 1.165) is 34.4 Å². The Kier molecular flexibility index (Phi) is 15.3. The summed E-state index contributed by atoms with van der Waals surface area (Å²) in [6.07, 6.45) is -1.77. The van der Waals surface area contributed by atoms with Crippen molar-refractivity contribution in [1.29, 1.82) is 5.26 Å². The second-order valence-electron chi connectivity index (χ2n) is 12.3. The highest BCUT2D eigenvalue weighted by molar-refractivity contribution is 7.10. The number of hydrogen-bond donors (Lipinski definition) is 3. The molecule has 0 amide bonds. The fourth-order valence-corrected chi connectivity index (χ4v) is 6.46. The lowest BCUT2D eigenvalue weighted by molar-refractivity contribution is -0.689. The number of aliphatic hydroxyl groups is 1. The summed E-state index contributed by atoms with van der Waals surface area (Å²) < 4.78 is 69.9. The summed E-state index contributed by atoms with van der Waals surface area (Å²) in [5.41, 5.74) is 2.63. The van der Waals surface area contributed by atoms with E-state index in [9.17, 15) is 27.5 Å². The van der Waals surface area contributed by atoms with Crippen LogP contribution in [0.4, 0.5) is 22.0 Å². The summed E-state index contributed by atoms with van der Waals surface area (Å²) in [5, 5.41) is 38.3. The number of thiazole rings is 1. The number of esters is 1. The Labute approximate surface area is 327 Å². The number of likely N-dealkylation sites (N-methyl/N-ethyl adjacent to an activating group) is 1. The molecule has 5 rings (SSSR count). The molecule has 0 radical (unpaired) electrons. The van der Waals surface area contributed by atoms with Crippen LogP contribution in [0.25, 0.3) is 11.3 Å². The third-order valence-corrected chi connectivity index (χ3v) is 9.24. The van der Waals surface area contributed by atoms with Gasteiger partial charge in [-0.15, -0.1) is 16.0 Å². The second-order valence-corrected chi connectivity index (χ2v) is 13.2. The molecule has 11 nitrogen and oxygen atoms in total. The zero-order chi connectivity index (χ0) is 39.8. The maximum absolute atomic E-state index is 15.3. The standard InChI is InChI=1S/C35H35F2N6O3S.C2HF3O2.BrH/c1-5-39-16-32(44)46-33-22(2)12-26(13-23(33)3)17-42-20-40-43(21-42)19-35(45,29-11-10-28(36)14-30(29)37)24(4)34-41-31(18-47-34)27-8-6-25(15-38)7-9-27;3-2(4,5)1(6)7;/h6-14,18,20-21,24,39,45H,5,16-17,19H2,1-4H3;(H,6,7);1H/q+1;;/p-1/t24-,35+;;/m0../s1. The van der Waals surface area contributed by atoms with Crippen molar-refractivity contribution in [2.75, 3.05) is 13.1 Å². The molecule has 0 saturated carbocycles. The van der Waals surface area contributed by atoms with Gasteiger partial charge >= 0.3 is 18.1 Å². The predicted molar refractivity (Wildman–Crippen MR) is 186 cm³/mol. The molecule has 0 bridgehead atoms. The number of halogens is 6. The number of nitriles is 1. The molecule has 0 aliphatic carbocycles. The molecular formula is C37H36BrF5N6O5S. The van der Waals surface area contributed by atoms with Crippen molar-refractivity contribution in [2.24, 2.45) is 0 Å². The van der Waals surface area contributed by atoms with Gasteiger partial charge in [0.05, 0.1) is 35.4 Å². The zero-order valence-corrected chi connectivity index (χ0v) is 32.3. The van der Waals surface area contributed by atoms with Gasteiger partial charge in [0.25, 0.3) is 6.33 Å². The van der Waals surface area contributed by atoms with Gasteiger partial charge in [-0.05, 0) is 67.4 Å². The summed E-state index contributed by atoms with van der Waals surface area (Å²) in [6.45, 7) is 8.50. The van der Waals surface area contributed by atoms with E-state index < -0.39 is 35.3 Å². The molecule has 292 valence electrons. The van der Waals surface area contributed by atoms with Crippen molar-refractivity contribution in [3.05, 3.63) is 117 Å². The van der Waals surface area contributed by atoms with Crippen LogP contribution in [-0.4, -0.2) is 56.2 Å². The number of rotatable bonds is 12. The molecule has 0 saturated heterocycles. The average molecular weight is 852 g/mol. The van der Waals surface area contributed by atoms with Crippen LogP contribution in [0.2, 0.25) is 0 Å². The number of hydrogen-bond acceptors (Lipinski definition) is 9. The topological polar surface area (TPSA) is 154 Å². The van der Waals surface area contributed by atoms with Crippen LogP contribution < -0.4 is 31.6 Å². The number of alkyl halides is 3. The fourth-order valence-electron chi connectivity index (χ4n) is 5.49. The summed E-state index contributed by atoms with van der Waals surface area (Å²) in [4.78, 5) is 25.8. The number of carboxylic acid groups (broad SMARTS) is 1. The van der Waals surface area contributed by atoms with E-state index in [1.165, 1.54) is 22.1 Å². The minimum atomic E-state index is -5.08. The first kappa shape index (κ1) is 44.3.